The summed E-state index contributed by atoms with van der Waals surface area (Å²) in [5.74, 6) is -0.852. The van der Waals surface area contributed by atoms with E-state index in [0.29, 0.717) is 19.3 Å². The molecule has 0 aliphatic heterocycles. The smallest absolute Gasteiger partial charge is 0.306 e. The van der Waals surface area contributed by atoms with E-state index in [4.69, 9.17) is 14.2 Å². The third kappa shape index (κ3) is 68.6. The topological polar surface area (TPSA) is 78.9 Å². The summed E-state index contributed by atoms with van der Waals surface area (Å²) in [6.45, 7) is 6.67. The van der Waals surface area contributed by atoms with Crippen LogP contribution in [0.5, 0.6) is 0 Å². The monoisotopic (exact) mass is 1140 g/mol. The quantitative estimate of drug-likeness (QED) is 0.0261. The predicted octanol–water partition coefficient (Wildman–Crippen LogP) is 25.3. The molecule has 0 radical (unpaired) electrons. The molecule has 0 heterocycles. The van der Waals surface area contributed by atoms with Crippen LogP contribution in [0.4, 0.5) is 0 Å². The lowest BCUT2D eigenvalue weighted by molar-refractivity contribution is -0.167. The molecule has 6 nitrogen and oxygen atoms in total. The molecule has 478 valence electrons. The van der Waals surface area contributed by atoms with Crippen molar-refractivity contribution >= 4 is 17.9 Å². The first-order valence-corrected chi connectivity index (χ1v) is 36.8. The fourth-order valence-corrected chi connectivity index (χ4v) is 11.4. The van der Waals surface area contributed by atoms with E-state index < -0.39 is 6.10 Å². The van der Waals surface area contributed by atoms with Gasteiger partial charge in [-0.25, -0.2) is 0 Å². The number of carbonyl (C=O) groups is 3. The number of hydrogen-bond donors (Lipinski definition) is 0. The van der Waals surface area contributed by atoms with Gasteiger partial charge in [-0.05, 0) is 64.2 Å². The van der Waals surface area contributed by atoms with Crippen LogP contribution in [-0.2, 0) is 28.6 Å². The van der Waals surface area contributed by atoms with Crippen molar-refractivity contribution in [3.63, 3.8) is 0 Å². The fourth-order valence-electron chi connectivity index (χ4n) is 11.4. The molecule has 0 saturated heterocycles. The Morgan fingerprint density at radius 3 is 0.654 bits per heavy atom. The summed E-state index contributed by atoms with van der Waals surface area (Å²) in [6.07, 6.45) is 86.7. The maximum atomic E-state index is 12.9. The Hall–Kier alpha value is -2.11. The van der Waals surface area contributed by atoms with Crippen LogP contribution in [0.1, 0.15) is 419 Å². The molecule has 0 aliphatic carbocycles. The van der Waals surface area contributed by atoms with Gasteiger partial charge in [-0.2, -0.15) is 0 Å². The lowest BCUT2D eigenvalue weighted by atomic mass is 10.0. The molecule has 0 aliphatic rings. The van der Waals surface area contributed by atoms with E-state index in [9.17, 15) is 14.4 Å². The highest BCUT2D eigenvalue weighted by Gasteiger charge is 2.20. The molecule has 0 aromatic carbocycles. The number of rotatable bonds is 69. The summed E-state index contributed by atoms with van der Waals surface area (Å²) in [7, 11) is 0. The highest BCUT2D eigenvalue weighted by atomic mass is 16.6. The third-order valence-electron chi connectivity index (χ3n) is 16.9. The number of allylic oxidation sites excluding steroid dienone is 4. The maximum Gasteiger partial charge on any atom is 0.306 e. The van der Waals surface area contributed by atoms with Crippen molar-refractivity contribution < 1.29 is 28.6 Å². The number of unbranched alkanes of at least 4 members (excludes halogenated alkanes) is 54. The van der Waals surface area contributed by atoms with E-state index in [-0.39, 0.29) is 31.1 Å². The Morgan fingerprint density at radius 1 is 0.235 bits per heavy atom. The van der Waals surface area contributed by atoms with Gasteiger partial charge in [-0.1, -0.05) is 360 Å². The van der Waals surface area contributed by atoms with Crippen LogP contribution in [-0.4, -0.2) is 37.2 Å². The Labute approximate surface area is 506 Å². The second kappa shape index (κ2) is 70.4. The van der Waals surface area contributed by atoms with Crippen molar-refractivity contribution in [3.8, 4) is 0 Å². The van der Waals surface area contributed by atoms with Crippen molar-refractivity contribution in [3.05, 3.63) is 24.3 Å². The van der Waals surface area contributed by atoms with Crippen molar-refractivity contribution in [1.82, 2.24) is 0 Å². The van der Waals surface area contributed by atoms with E-state index in [1.807, 2.05) is 0 Å². The maximum absolute atomic E-state index is 12.9. The number of esters is 3. The van der Waals surface area contributed by atoms with E-state index in [0.717, 1.165) is 64.2 Å². The zero-order valence-electron chi connectivity index (χ0n) is 55.1. The SMILES string of the molecule is CCCC/C=C\CCCCCCCC(=O)OCC(COC(=O)CCCCCCCCCCCCCCCCCCCCCCCCCCCCCCCCC)OC(=O)CCCCCCCCCCC/C=C\CCCCCCCCCC. The Bertz CT molecular complexity index is 1310. The molecule has 1 atom stereocenters. The summed E-state index contributed by atoms with van der Waals surface area (Å²) in [5.41, 5.74) is 0. The molecule has 0 spiro atoms. The molecule has 0 aromatic heterocycles. The molecule has 0 aromatic rings. The van der Waals surface area contributed by atoms with Gasteiger partial charge in [-0.15, -0.1) is 0 Å². The van der Waals surface area contributed by atoms with Gasteiger partial charge in [0.1, 0.15) is 13.2 Å². The van der Waals surface area contributed by atoms with Gasteiger partial charge in [0.25, 0.3) is 0 Å². The van der Waals surface area contributed by atoms with Crippen molar-refractivity contribution in [2.45, 2.75) is 425 Å². The lowest BCUT2D eigenvalue weighted by Gasteiger charge is -2.18. The summed E-state index contributed by atoms with van der Waals surface area (Å²) in [5, 5.41) is 0. The molecule has 6 heteroatoms. The van der Waals surface area contributed by atoms with Crippen molar-refractivity contribution in [2.24, 2.45) is 0 Å². The van der Waals surface area contributed by atoms with Gasteiger partial charge >= 0.3 is 17.9 Å². The summed E-state index contributed by atoms with van der Waals surface area (Å²) in [4.78, 5) is 38.4. The standard InChI is InChI=1S/C75H142O6/c1-4-7-10-13-16-19-22-24-26-28-30-32-33-34-35-36-37-38-39-40-41-43-44-46-48-50-53-56-59-62-65-68-74(77)80-71-72(70-79-73(76)67-64-61-58-55-52-21-18-15-12-9-6-3)81-75(78)69-66-63-60-57-54-51-49-47-45-42-31-29-27-25-23-20-17-14-11-8-5-2/h15,18,29,31,72H,4-14,16-17,19-28,30,32-71H2,1-3H3/b18-15-,31-29-. The van der Waals surface area contributed by atoms with Gasteiger partial charge in [0, 0.05) is 19.3 Å². The second-order valence-corrected chi connectivity index (χ2v) is 25.2. The predicted molar refractivity (Wildman–Crippen MR) is 353 cm³/mol. The molecule has 0 amide bonds. The largest absolute Gasteiger partial charge is 0.462 e. The van der Waals surface area contributed by atoms with E-state index in [1.54, 1.807) is 0 Å². The van der Waals surface area contributed by atoms with Gasteiger partial charge in [0.05, 0.1) is 0 Å². The molecule has 1 unspecified atom stereocenters. The van der Waals surface area contributed by atoms with E-state index in [2.05, 4.69) is 45.1 Å². The van der Waals surface area contributed by atoms with Gasteiger partial charge in [0.15, 0.2) is 6.10 Å². The number of ether oxygens (including phenoxy) is 3. The Balaban J connectivity index is 4.09. The first-order valence-electron chi connectivity index (χ1n) is 36.8. The second-order valence-electron chi connectivity index (χ2n) is 25.2. The average molecular weight is 1140 g/mol. The third-order valence-corrected chi connectivity index (χ3v) is 16.9. The van der Waals surface area contributed by atoms with Gasteiger partial charge in [0.2, 0.25) is 0 Å². The normalized spacial score (nSPS) is 12.1. The number of hydrogen-bond acceptors (Lipinski definition) is 6. The van der Waals surface area contributed by atoms with Crippen LogP contribution >= 0.6 is 0 Å². The first kappa shape index (κ1) is 78.9. The molecule has 0 N–H and O–H groups in total. The fraction of sp³-hybridized carbons (Fsp3) is 0.907. The molecule has 0 fully saturated rings. The molecule has 0 saturated carbocycles. The van der Waals surface area contributed by atoms with Gasteiger partial charge < -0.3 is 14.2 Å². The number of carbonyl (C=O) groups excluding carboxylic acids is 3. The van der Waals surface area contributed by atoms with Crippen LogP contribution in [0.25, 0.3) is 0 Å². The summed E-state index contributed by atoms with van der Waals surface area (Å²) < 4.78 is 17.0. The van der Waals surface area contributed by atoms with Crippen LogP contribution < -0.4 is 0 Å². The molecule has 0 rings (SSSR count). The Morgan fingerprint density at radius 2 is 0.420 bits per heavy atom. The first-order chi connectivity index (χ1) is 40.0. The average Bonchev–Trinajstić information content (AvgIpc) is 3.47. The zero-order valence-corrected chi connectivity index (χ0v) is 55.1. The highest BCUT2D eigenvalue weighted by molar-refractivity contribution is 5.71. The lowest BCUT2D eigenvalue weighted by Crippen LogP contribution is -2.30. The van der Waals surface area contributed by atoms with Gasteiger partial charge in [-0.3, -0.25) is 14.4 Å². The molecule has 81 heavy (non-hydrogen) atoms. The Kier molecular flexibility index (Phi) is 68.5. The summed E-state index contributed by atoms with van der Waals surface area (Å²) >= 11 is 0. The van der Waals surface area contributed by atoms with Crippen LogP contribution in [0, 0.1) is 0 Å². The minimum Gasteiger partial charge on any atom is -0.462 e. The van der Waals surface area contributed by atoms with Crippen LogP contribution in [0.3, 0.4) is 0 Å². The minimum atomic E-state index is -0.774. The molecular weight excluding hydrogens is 997 g/mol. The van der Waals surface area contributed by atoms with Crippen LogP contribution in [0.2, 0.25) is 0 Å². The minimum absolute atomic E-state index is 0.0695. The molecular formula is C75H142O6. The molecule has 0 bridgehead atoms. The van der Waals surface area contributed by atoms with Crippen molar-refractivity contribution in [1.29, 1.82) is 0 Å². The van der Waals surface area contributed by atoms with Crippen LogP contribution in [0.15, 0.2) is 24.3 Å². The van der Waals surface area contributed by atoms with E-state index in [1.165, 1.54) is 315 Å². The zero-order chi connectivity index (χ0) is 58.5. The van der Waals surface area contributed by atoms with Crippen molar-refractivity contribution in [2.75, 3.05) is 13.2 Å². The highest BCUT2D eigenvalue weighted by Crippen LogP contribution is 2.19. The van der Waals surface area contributed by atoms with E-state index >= 15 is 0 Å². The summed E-state index contributed by atoms with van der Waals surface area (Å²) in [6, 6.07) is 0.